The minimum atomic E-state index is 0. The quantitative estimate of drug-likeness (QED) is 0.749. The first-order valence-electron chi connectivity index (χ1n) is 9.50. The van der Waals surface area contributed by atoms with Crippen molar-refractivity contribution in [2.24, 2.45) is 17.6 Å². The Morgan fingerprint density at radius 3 is 2.44 bits per heavy atom. The Bertz CT molecular complexity index is 413. The highest BCUT2D eigenvalue weighted by Gasteiger charge is 2.45. The molecule has 1 saturated heterocycles. The molecule has 148 valence electrons. The molecule has 3 fully saturated rings. The number of hydrogen-bond donors (Lipinski definition) is 2. The summed E-state index contributed by atoms with van der Waals surface area (Å²) in [5, 5.41) is 3.39. The summed E-state index contributed by atoms with van der Waals surface area (Å²) in [6.45, 7) is 6.48. The molecule has 2 aliphatic carbocycles. The number of nitrogens with one attached hydrogen (secondary N) is 1. The molecule has 0 radical (unpaired) electrons. The summed E-state index contributed by atoms with van der Waals surface area (Å²) < 4.78 is 5.53. The van der Waals surface area contributed by atoms with Gasteiger partial charge in [-0.15, -0.1) is 24.8 Å². The van der Waals surface area contributed by atoms with Crippen molar-refractivity contribution in [3.63, 3.8) is 0 Å². The monoisotopic (exact) mass is 395 g/mol. The first kappa shape index (κ1) is 23.0. The third-order valence-electron chi connectivity index (χ3n) is 6.57. The Kier molecular flexibility index (Phi) is 9.47. The molecule has 3 N–H and O–H groups in total. The molecule has 7 heteroatoms. The van der Waals surface area contributed by atoms with E-state index in [2.05, 4.69) is 17.1 Å². The van der Waals surface area contributed by atoms with Crippen molar-refractivity contribution in [2.75, 3.05) is 32.8 Å². The van der Waals surface area contributed by atoms with E-state index in [1.807, 2.05) is 0 Å². The number of carbonyl (C=O) groups is 1. The van der Waals surface area contributed by atoms with Crippen LogP contribution in [0.1, 0.15) is 51.9 Å². The van der Waals surface area contributed by atoms with Gasteiger partial charge in [-0.2, -0.15) is 0 Å². The number of hydrogen-bond acceptors (Lipinski definition) is 4. The van der Waals surface area contributed by atoms with E-state index in [0.717, 1.165) is 45.6 Å². The molecule has 1 amide bonds. The molecule has 1 heterocycles. The average molecular weight is 396 g/mol. The van der Waals surface area contributed by atoms with Crippen molar-refractivity contribution in [3.8, 4) is 0 Å². The smallest absolute Gasteiger partial charge is 0.223 e. The van der Waals surface area contributed by atoms with Gasteiger partial charge in [-0.3, -0.25) is 9.69 Å². The Morgan fingerprint density at radius 1 is 1.20 bits per heavy atom. The van der Waals surface area contributed by atoms with Gasteiger partial charge in [-0.25, -0.2) is 0 Å². The molecule has 3 atom stereocenters. The van der Waals surface area contributed by atoms with Crippen LogP contribution in [0.4, 0.5) is 0 Å². The van der Waals surface area contributed by atoms with E-state index in [0.29, 0.717) is 12.5 Å². The SMILES string of the molecule is CC(NC(=O)[C@@H]1CCC[C@@H]1CN)C1(N2CCOCC2)CCCC1.Cl.Cl. The van der Waals surface area contributed by atoms with Crippen molar-refractivity contribution in [1.82, 2.24) is 10.2 Å². The van der Waals surface area contributed by atoms with Crippen LogP contribution in [0.2, 0.25) is 0 Å². The Labute approximate surface area is 164 Å². The lowest BCUT2D eigenvalue weighted by Gasteiger charge is -2.47. The molecule has 0 aromatic heterocycles. The van der Waals surface area contributed by atoms with Crippen LogP contribution in [-0.2, 0) is 9.53 Å². The number of nitrogens with two attached hydrogens (primary N) is 1. The van der Waals surface area contributed by atoms with Crippen LogP contribution in [0.25, 0.3) is 0 Å². The molecule has 0 aromatic rings. The molecule has 0 aromatic carbocycles. The fraction of sp³-hybridized carbons (Fsp3) is 0.944. The number of ether oxygens (including phenoxy) is 1. The van der Waals surface area contributed by atoms with E-state index in [1.54, 1.807) is 0 Å². The molecule has 1 unspecified atom stereocenters. The zero-order valence-corrected chi connectivity index (χ0v) is 17.0. The van der Waals surface area contributed by atoms with E-state index < -0.39 is 0 Å². The predicted octanol–water partition coefficient (Wildman–Crippen LogP) is 2.35. The molecule has 2 saturated carbocycles. The maximum Gasteiger partial charge on any atom is 0.223 e. The lowest BCUT2D eigenvalue weighted by molar-refractivity contribution is -0.128. The van der Waals surface area contributed by atoms with Crippen LogP contribution in [0.5, 0.6) is 0 Å². The second-order valence-corrected chi connectivity index (χ2v) is 7.67. The minimum Gasteiger partial charge on any atom is -0.379 e. The Balaban J connectivity index is 0.00000156. The summed E-state index contributed by atoms with van der Waals surface area (Å²) in [5.41, 5.74) is 5.99. The van der Waals surface area contributed by atoms with Gasteiger partial charge in [-0.05, 0) is 45.1 Å². The average Bonchev–Trinajstić information content (AvgIpc) is 3.25. The molecular formula is C18H35Cl2N3O2. The van der Waals surface area contributed by atoms with Crippen molar-refractivity contribution < 1.29 is 9.53 Å². The molecule has 25 heavy (non-hydrogen) atoms. The van der Waals surface area contributed by atoms with Crippen LogP contribution in [0.3, 0.4) is 0 Å². The predicted molar refractivity (Wildman–Crippen MR) is 106 cm³/mol. The van der Waals surface area contributed by atoms with Gasteiger partial charge in [0, 0.05) is 30.6 Å². The largest absolute Gasteiger partial charge is 0.379 e. The summed E-state index contributed by atoms with van der Waals surface area (Å²) >= 11 is 0. The maximum atomic E-state index is 12.8. The van der Waals surface area contributed by atoms with Crippen LogP contribution >= 0.6 is 24.8 Å². The van der Waals surface area contributed by atoms with Gasteiger partial charge in [0.15, 0.2) is 0 Å². The van der Waals surface area contributed by atoms with Crippen LogP contribution in [-0.4, -0.2) is 55.2 Å². The maximum absolute atomic E-state index is 12.8. The zero-order valence-electron chi connectivity index (χ0n) is 15.4. The van der Waals surface area contributed by atoms with Gasteiger partial charge in [0.25, 0.3) is 0 Å². The first-order valence-corrected chi connectivity index (χ1v) is 9.50. The highest BCUT2D eigenvalue weighted by atomic mass is 35.5. The van der Waals surface area contributed by atoms with E-state index >= 15 is 0 Å². The number of rotatable bonds is 5. The van der Waals surface area contributed by atoms with Gasteiger partial charge in [0.2, 0.25) is 5.91 Å². The van der Waals surface area contributed by atoms with Gasteiger partial charge in [0.05, 0.1) is 13.2 Å². The molecule has 0 bridgehead atoms. The number of morpholine rings is 1. The standard InChI is InChI=1S/C18H33N3O2.2ClH/c1-14(20-17(22)16-6-4-5-15(16)13-19)18(7-2-3-8-18)21-9-11-23-12-10-21;;/h14-16H,2-13,19H2,1H3,(H,20,22);2*1H/t14?,15-,16-;;/m1../s1. The third kappa shape index (κ3) is 4.81. The van der Waals surface area contributed by atoms with E-state index in [1.165, 1.54) is 25.7 Å². The summed E-state index contributed by atoms with van der Waals surface area (Å²) in [4.78, 5) is 15.4. The van der Waals surface area contributed by atoms with Crippen molar-refractivity contribution in [1.29, 1.82) is 0 Å². The van der Waals surface area contributed by atoms with Gasteiger partial charge < -0.3 is 15.8 Å². The Hall–Kier alpha value is -0.0700. The molecule has 0 spiro atoms. The summed E-state index contributed by atoms with van der Waals surface area (Å²) in [6.07, 6.45) is 8.18. The minimum absolute atomic E-state index is 0. The van der Waals surface area contributed by atoms with E-state index in [4.69, 9.17) is 10.5 Å². The molecule has 5 nitrogen and oxygen atoms in total. The fourth-order valence-electron chi connectivity index (χ4n) is 5.14. The molecular weight excluding hydrogens is 361 g/mol. The highest BCUT2D eigenvalue weighted by molar-refractivity contribution is 5.85. The zero-order chi connectivity index (χ0) is 16.3. The van der Waals surface area contributed by atoms with Crippen molar-refractivity contribution >= 4 is 30.7 Å². The number of amides is 1. The number of nitrogens with zero attached hydrogens (tertiary/aromatic N) is 1. The van der Waals surface area contributed by atoms with Crippen molar-refractivity contribution in [2.45, 2.75) is 63.5 Å². The summed E-state index contributed by atoms with van der Waals surface area (Å²) in [7, 11) is 0. The van der Waals surface area contributed by atoms with Gasteiger partial charge >= 0.3 is 0 Å². The normalized spacial score (nSPS) is 30.2. The topological polar surface area (TPSA) is 67.6 Å². The lowest BCUT2D eigenvalue weighted by atomic mass is 9.85. The second kappa shape index (κ2) is 10.3. The lowest BCUT2D eigenvalue weighted by Crippen LogP contribution is -2.62. The Morgan fingerprint density at radius 2 is 1.84 bits per heavy atom. The van der Waals surface area contributed by atoms with Gasteiger partial charge in [0.1, 0.15) is 0 Å². The summed E-state index contributed by atoms with van der Waals surface area (Å²) in [6, 6.07) is 0.203. The molecule has 3 rings (SSSR count). The van der Waals surface area contributed by atoms with Crippen LogP contribution < -0.4 is 11.1 Å². The number of carbonyl (C=O) groups excluding carboxylic acids is 1. The highest BCUT2D eigenvalue weighted by Crippen LogP contribution is 2.39. The van der Waals surface area contributed by atoms with Crippen LogP contribution in [0, 0.1) is 11.8 Å². The molecule has 3 aliphatic rings. The summed E-state index contributed by atoms with van der Waals surface area (Å²) in [5.74, 6) is 0.751. The number of halogens is 2. The van der Waals surface area contributed by atoms with Crippen LogP contribution in [0.15, 0.2) is 0 Å². The van der Waals surface area contributed by atoms with E-state index in [-0.39, 0.29) is 48.2 Å². The van der Waals surface area contributed by atoms with Crippen molar-refractivity contribution in [3.05, 3.63) is 0 Å². The van der Waals surface area contributed by atoms with Gasteiger partial charge in [-0.1, -0.05) is 19.3 Å². The second-order valence-electron chi connectivity index (χ2n) is 7.67. The fourth-order valence-corrected chi connectivity index (χ4v) is 5.14. The third-order valence-corrected chi connectivity index (χ3v) is 6.57. The first-order chi connectivity index (χ1) is 11.2. The van der Waals surface area contributed by atoms with E-state index in [9.17, 15) is 4.79 Å². The molecule has 1 aliphatic heterocycles.